The van der Waals surface area contributed by atoms with Crippen LogP contribution in [0.1, 0.15) is 33.3 Å². The molecule has 0 spiro atoms. The Hall–Kier alpha value is -3.27. The van der Waals surface area contributed by atoms with Crippen molar-refractivity contribution in [3.63, 3.8) is 0 Å². The monoisotopic (exact) mass is 605 g/mol. The van der Waals surface area contributed by atoms with Crippen molar-refractivity contribution < 1.29 is 22.7 Å². The van der Waals surface area contributed by atoms with E-state index in [2.05, 4.69) is 5.32 Å². The quantitative estimate of drug-likeness (QED) is 0.293. The molecule has 40 heavy (non-hydrogen) atoms. The van der Waals surface area contributed by atoms with Crippen LogP contribution in [0.25, 0.3) is 0 Å². The van der Waals surface area contributed by atoms with Gasteiger partial charge in [0.1, 0.15) is 18.3 Å². The largest absolute Gasteiger partial charge is 0.494 e. The number of hydrogen-bond donors (Lipinski definition) is 1. The molecular weight excluding hydrogens is 573 g/mol. The average Bonchev–Trinajstić information content (AvgIpc) is 2.92. The predicted octanol–water partition coefficient (Wildman–Crippen LogP) is 5.53. The number of rotatable bonds is 12. The second-order valence-electron chi connectivity index (χ2n) is 9.36. The summed E-state index contributed by atoms with van der Waals surface area (Å²) in [5.74, 6) is -0.386. The third-order valence-corrected chi connectivity index (χ3v) is 8.51. The van der Waals surface area contributed by atoms with Gasteiger partial charge in [-0.05, 0) is 81.8 Å². The zero-order chi connectivity index (χ0) is 29.4. The number of nitrogens with zero attached hydrogens (tertiary/aromatic N) is 2. The highest BCUT2D eigenvalue weighted by Crippen LogP contribution is 2.27. The molecule has 1 atom stereocenters. The predicted molar refractivity (Wildman–Crippen MR) is 158 cm³/mol. The lowest BCUT2D eigenvalue weighted by molar-refractivity contribution is -0.139. The molecule has 0 aliphatic heterocycles. The van der Waals surface area contributed by atoms with Crippen molar-refractivity contribution in [1.29, 1.82) is 0 Å². The van der Waals surface area contributed by atoms with Crippen LogP contribution in [0.2, 0.25) is 10.0 Å². The number of hydrogen-bond acceptors (Lipinski definition) is 5. The van der Waals surface area contributed by atoms with Crippen LogP contribution in [-0.2, 0) is 26.2 Å². The molecule has 1 N–H and O–H groups in total. The Bertz CT molecular complexity index is 1420. The van der Waals surface area contributed by atoms with Gasteiger partial charge in [-0.2, -0.15) is 0 Å². The van der Waals surface area contributed by atoms with Gasteiger partial charge in [0.2, 0.25) is 11.8 Å². The molecule has 11 heteroatoms. The second kappa shape index (κ2) is 13.9. The molecular formula is C29H33Cl2N3O5S. The normalized spacial score (nSPS) is 12.1. The van der Waals surface area contributed by atoms with Crippen LogP contribution in [0.5, 0.6) is 5.75 Å². The van der Waals surface area contributed by atoms with Gasteiger partial charge < -0.3 is 15.0 Å². The molecule has 3 aromatic rings. The van der Waals surface area contributed by atoms with Crippen molar-refractivity contribution in [1.82, 2.24) is 10.2 Å². The van der Waals surface area contributed by atoms with Gasteiger partial charge >= 0.3 is 0 Å². The van der Waals surface area contributed by atoms with E-state index in [4.69, 9.17) is 27.9 Å². The van der Waals surface area contributed by atoms with Gasteiger partial charge in [-0.3, -0.25) is 13.9 Å². The number of halogens is 2. The lowest BCUT2D eigenvalue weighted by atomic mass is 10.1. The Morgan fingerprint density at radius 2 is 1.57 bits per heavy atom. The molecule has 0 heterocycles. The smallest absolute Gasteiger partial charge is 0.264 e. The van der Waals surface area contributed by atoms with Crippen LogP contribution in [-0.4, -0.2) is 50.4 Å². The van der Waals surface area contributed by atoms with Crippen LogP contribution < -0.4 is 14.4 Å². The summed E-state index contributed by atoms with van der Waals surface area (Å²) in [4.78, 5) is 28.3. The topological polar surface area (TPSA) is 96.0 Å². The first-order chi connectivity index (χ1) is 18.9. The average molecular weight is 607 g/mol. The van der Waals surface area contributed by atoms with Crippen molar-refractivity contribution >= 4 is 50.7 Å². The number of carbonyl (C=O) groups excluding carboxylic acids is 2. The number of benzene rings is 3. The van der Waals surface area contributed by atoms with Gasteiger partial charge in [-0.1, -0.05) is 47.5 Å². The first-order valence-corrected chi connectivity index (χ1v) is 15.0. The molecule has 0 aliphatic carbocycles. The summed E-state index contributed by atoms with van der Waals surface area (Å²) in [5.41, 5.74) is 0.903. The van der Waals surface area contributed by atoms with Crippen LogP contribution in [0, 0.1) is 0 Å². The van der Waals surface area contributed by atoms with E-state index in [1.807, 2.05) is 20.8 Å². The highest BCUT2D eigenvalue weighted by molar-refractivity contribution is 7.92. The zero-order valence-electron chi connectivity index (χ0n) is 22.8. The Labute approximate surface area is 245 Å². The summed E-state index contributed by atoms with van der Waals surface area (Å²) >= 11 is 12.3. The minimum absolute atomic E-state index is 0.00487. The lowest BCUT2D eigenvalue weighted by Gasteiger charge is -2.32. The van der Waals surface area contributed by atoms with Gasteiger partial charge in [-0.15, -0.1) is 0 Å². The summed E-state index contributed by atoms with van der Waals surface area (Å²) in [7, 11) is -4.15. The number of amides is 2. The molecule has 0 unspecified atom stereocenters. The molecule has 0 fully saturated rings. The molecule has 0 bridgehead atoms. The number of anilines is 1. The molecule has 3 rings (SSSR count). The van der Waals surface area contributed by atoms with E-state index in [1.165, 1.54) is 17.0 Å². The fraction of sp³-hybridized carbons (Fsp3) is 0.310. The van der Waals surface area contributed by atoms with E-state index in [9.17, 15) is 18.0 Å². The van der Waals surface area contributed by atoms with E-state index in [1.54, 1.807) is 67.6 Å². The Morgan fingerprint density at radius 3 is 2.15 bits per heavy atom. The van der Waals surface area contributed by atoms with E-state index in [-0.39, 0.29) is 29.1 Å². The minimum atomic E-state index is -4.15. The Morgan fingerprint density at radius 1 is 0.925 bits per heavy atom. The fourth-order valence-electron chi connectivity index (χ4n) is 3.95. The number of ether oxygens (including phenoxy) is 1. The second-order valence-corrected chi connectivity index (χ2v) is 12.0. The van der Waals surface area contributed by atoms with Crippen LogP contribution >= 0.6 is 23.2 Å². The maximum absolute atomic E-state index is 13.9. The maximum atomic E-state index is 13.9. The van der Waals surface area contributed by atoms with Crippen molar-refractivity contribution in [2.45, 2.75) is 51.2 Å². The number of carbonyl (C=O) groups is 2. The standard InChI is InChI=1S/C29H33Cl2N3O5S/c1-5-39-24-14-12-23(13-15-24)34(40(37,38)25-9-7-6-8-10-25)19-28(35)33(21(4)29(36)32-20(2)3)18-22-11-16-26(30)27(31)17-22/h6-17,20-21H,5,18-19H2,1-4H3,(H,32,36)/t21-/m0/s1. The van der Waals surface area contributed by atoms with Crippen molar-refractivity contribution in [3.05, 3.63) is 88.4 Å². The minimum Gasteiger partial charge on any atom is -0.494 e. The van der Waals surface area contributed by atoms with E-state index in [0.717, 1.165) is 4.31 Å². The molecule has 3 aromatic carbocycles. The highest BCUT2D eigenvalue weighted by atomic mass is 35.5. The zero-order valence-corrected chi connectivity index (χ0v) is 25.1. The number of sulfonamides is 1. The molecule has 0 saturated carbocycles. The third kappa shape index (κ3) is 7.90. The molecule has 0 aromatic heterocycles. The Balaban J connectivity index is 2.03. The van der Waals surface area contributed by atoms with E-state index >= 15 is 0 Å². The van der Waals surface area contributed by atoms with Gasteiger partial charge in [0.15, 0.2) is 0 Å². The van der Waals surface area contributed by atoms with Gasteiger partial charge in [0.25, 0.3) is 10.0 Å². The first-order valence-electron chi connectivity index (χ1n) is 12.8. The summed E-state index contributed by atoms with van der Waals surface area (Å²) in [6, 6.07) is 18.2. The van der Waals surface area contributed by atoms with Gasteiger partial charge in [0, 0.05) is 12.6 Å². The number of nitrogens with one attached hydrogen (secondary N) is 1. The maximum Gasteiger partial charge on any atom is 0.264 e. The highest BCUT2D eigenvalue weighted by Gasteiger charge is 2.32. The SMILES string of the molecule is CCOc1ccc(N(CC(=O)N(Cc2ccc(Cl)c(Cl)c2)[C@@H](C)C(=O)NC(C)C)S(=O)(=O)c2ccccc2)cc1. The summed E-state index contributed by atoms with van der Waals surface area (Å²) in [6.45, 7) is 6.98. The van der Waals surface area contributed by atoms with Crippen molar-refractivity contribution in [2.75, 3.05) is 17.5 Å². The van der Waals surface area contributed by atoms with Crippen molar-refractivity contribution in [3.8, 4) is 5.75 Å². The molecule has 0 radical (unpaired) electrons. The van der Waals surface area contributed by atoms with Gasteiger partial charge in [-0.25, -0.2) is 8.42 Å². The molecule has 0 aliphatic rings. The third-order valence-electron chi connectivity index (χ3n) is 5.98. The fourth-order valence-corrected chi connectivity index (χ4v) is 5.70. The van der Waals surface area contributed by atoms with E-state index in [0.29, 0.717) is 28.0 Å². The van der Waals surface area contributed by atoms with Crippen LogP contribution in [0.3, 0.4) is 0 Å². The van der Waals surface area contributed by atoms with E-state index < -0.39 is 28.5 Å². The van der Waals surface area contributed by atoms with Crippen LogP contribution in [0.4, 0.5) is 5.69 Å². The Kier molecular flexibility index (Phi) is 10.8. The first kappa shape index (κ1) is 31.3. The summed E-state index contributed by atoms with van der Waals surface area (Å²) < 4.78 is 34.1. The molecule has 214 valence electrons. The molecule has 8 nitrogen and oxygen atoms in total. The summed E-state index contributed by atoms with van der Waals surface area (Å²) in [6.07, 6.45) is 0. The summed E-state index contributed by atoms with van der Waals surface area (Å²) in [5, 5.41) is 3.47. The van der Waals surface area contributed by atoms with Crippen molar-refractivity contribution in [2.24, 2.45) is 0 Å². The van der Waals surface area contributed by atoms with Crippen LogP contribution in [0.15, 0.2) is 77.7 Å². The molecule has 0 saturated heterocycles. The molecule has 2 amide bonds. The van der Waals surface area contributed by atoms with Gasteiger partial charge in [0.05, 0.1) is 27.2 Å². The lowest BCUT2D eigenvalue weighted by Crippen LogP contribution is -2.52.